The summed E-state index contributed by atoms with van der Waals surface area (Å²) in [4.78, 5) is 5.11. The number of nitrogens with one attached hydrogen (secondary N) is 2. The molecule has 12 heavy (non-hydrogen) atoms. The standard InChI is InChI=1S/C8H16N4/c1-3-11-5-6-12-4-2-10-8(12)7(11)9-1/h7-10H,1-6H2/t7-,8+. The van der Waals surface area contributed by atoms with Crippen LogP contribution in [0.15, 0.2) is 0 Å². The Morgan fingerprint density at radius 1 is 0.750 bits per heavy atom. The maximum atomic E-state index is 3.55. The van der Waals surface area contributed by atoms with E-state index in [1.807, 2.05) is 0 Å². The molecule has 4 nitrogen and oxygen atoms in total. The fourth-order valence-corrected chi connectivity index (χ4v) is 2.63. The first kappa shape index (κ1) is 7.26. The Kier molecular flexibility index (Phi) is 1.61. The first-order valence-electron chi connectivity index (χ1n) is 4.90. The number of hydrogen-bond acceptors (Lipinski definition) is 4. The van der Waals surface area contributed by atoms with Gasteiger partial charge in [-0.15, -0.1) is 0 Å². The fraction of sp³-hybridized carbons (Fsp3) is 1.00. The smallest absolute Gasteiger partial charge is 0.0895 e. The lowest BCUT2D eigenvalue weighted by atomic mass is 10.2. The number of nitrogens with zero attached hydrogens (tertiary/aromatic N) is 2. The number of piperazine rings is 1. The van der Waals surface area contributed by atoms with Crippen molar-refractivity contribution in [1.82, 2.24) is 20.4 Å². The normalized spacial score (nSPS) is 43.0. The van der Waals surface area contributed by atoms with Gasteiger partial charge in [-0.1, -0.05) is 0 Å². The van der Waals surface area contributed by atoms with Crippen LogP contribution >= 0.6 is 0 Å². The van der Waals surface area contributed by atoms with Gasteiger partial charge >= 0.3 is 0 Å². The van der Waals surface area contributed by atoms with Crippen LogP contribution in [0.4, 0.5) is 0 Å². The molecule has 4 heteroatoms. The van der Waals surface area contributed by atoms with E-state index in [1.54, 1.807) is 0 Å². The molecule has 0 amide bonds. The summed E-state index contributed by atoms with van der Waals surface area (Å²) in [6, 6.07) is 0. The molecule has 0 bridgehead atoms. The molecule has 3 aliphatic heterocycles. The summed E-state index contributed by atoms with van der Waals surface area (Å²) in [5.74, 6) is 0. The zero-order valence-corrected chi connectivity index (χ0v) is 7.29. The van der Waals surface area contributed by atoms with Crippen molar-refractivity contribution in [3.05, 3.63) is 0 Å². The third kappa shape index (κ3) is 0.925. The second-order valence-electron chi connectivity index (χ2n) is 3.87. The van der Waals surface area contributed by atoms with E-state index in [9.17, 15) is 0 Å². The van der Waals surface area contributed by atoms with Gasteiger partial charge in [-0.25, -0.2) is 0 Å². The SMILES string of the molecule is C1CN2CCN3CCN[C@H]3[C@H]2N1. The Labute approximate surface area is 72.9 Å². The molecule has 0 unspecified atom stereocenters. The molecule has 3 aliphatic rings. The van der Waals surface area contributed by atoms with Crippen LogP contribution in [0.25, 0.3) is 0 Å². The van der Waals surface area contributed by atoms with Crippen molar-refractivity contribution in [3.8, 4) is 0 Å². The molecule has 0 saturated carbocycles. The van der Waals surface area contributed by atoms with Gasteiger partial charge in [0.1, 0.15) is 0 Å². The number of rotatable bonds is 0. The van der Waals surface area contributed by atoms with Gasteiger partial charge in [0.05, 0.1) is 12.3 Å². The van der Waals surface area contributed by atoms with Gasteiger partial charge in [0, 0.05) is 39.3 Å². The highest BCUT2D eigenvalue weighted by Gasteiger charge is 2.40. The van der Waals surface area contributed by atoms with E-state index in [2.05, 4.69) is 20.4 Å². The van der Waals surface area contributed by atoms with Crippen molar-refractivity contribution in [2.75, 3.05) is 39.3 Å². The third-order valence-corrected chi connectivity index (χ3v) is 3.27. The summed E-state index contributed by atoms with van der Waals surface area (Å²) >= 11 is 0. The van der Waals surface area contributed by atoms with Gasteiger partial charge in [-0.2, -0.15) is 0 Å². The first-order valence-corrected chi connectivity index (χ1v) is 4.90. The highest BCUT2D eigenvalue weighted by atomic mass is 15.5. The van der Waals surface area contributed by atoms with Crippen molar-refractivity contribution < 1.29 is 0 Å². The molecule has 0 aliphatic carbocycles. The second-order valence-corrected chi connectivity index (χ2v) is 3.87. The molecule has 0 spiro atoms. The number of hydrogen-bond donors (Lipinski definition) is 2. The maximum absolute atomic E-state index is 3.55. The molecule has 2 atom stereocenters. The molecule has 0 aromatic rings. The molecule has 3 saturated heterocycles. The van der Waals surface area contributed by atoms with Crippen LogP contribution in [0.1, 0.15) is 0 Å². The van der Waals surface area contributed by atoms with Gasteiger partial charge < -0.3 is 0 Å². The molecule has 3 fully saturated rings. The van der Waals surface area contributed by atoms with Crippen LogP contribution < -0.4 is 10.6 Å². The minimum absolute atomic E-state index is 0.584. The Balaban J connectivity index is 1.81. The molecule has 3 heterocycles. The van der Waals surface area contributed by atoms with Crippen molar-refractivity contribution in [3.63, 3.8) is 0 Å². The van der Waals surface area contributed by atoms with Gasteiger partial charge in [0.15, 0.2) is 0 Å². The predicted molar refractivity (Wildman–Crippen MR) is 46.7 cm³/mol. The van der Waals surface area contributed by atoms with E-state index in [0.29, 0.717) is 12.3 Å². The van der Waals surface area contributed by atoms with Crippen LogP contribution in [0.2, 0.25) is 0 Å². The molecular formula is C8H16N4. The molecule has 0 aromatic carbocycles. The van der Waals surface area contributed by atoms with Crippen LogP contribution in [0.3, 0.4) is 0 Å². The topological polar surface area (TPSA) is 30.5 Å². The van der Waals surface area contributed by atoms with Crippen molar-refractivity contribution in [2.24, 2.45) is 0 Å². The Morgan fingerprint density at radius 2 is 1.25 bits per heavy atom. The van der Waals surface area contributed by atoms with E-state index >= 15 is 0 Å². The minimum atomic E-state index is 0.584. The van der Waals surface area contributed by atoms with Crippen molar-refractivity contribution in [2.45, 2.75) is 12.3 Å². The van der Waals surface area contributed by atoms with Crippen LogP contribution in [0, 0.1) is 0 Å². The monoisotopic (exact) mass is 168 g/mol. The number of fused-ring (bicyclic) bond motifs is 3. The van der Waals surface area contributed by atoms with E-state index in [-0.39, 0.29) is 0 Å². The molecule has 2 N–H and O–H groups in total. The summed E-state index contributed by atoms with van der Waals surface area (Å²) in [5.41, 5.74) is 0. The van der Waals surface area contributed by atoms with Gasteiger partial charge in [-0.05, 0) is 0 Å². The summed E-state index contributed by atoms with van der Waals surface area (Å²) in [6.07, 6.45) is 1.17. The highest BCUT2D eigenvalue weighted by Crippen LogP contribution is 2.18. The molecule has 0 radical (unpaired) electrons. The van der Waals surface area contributed by atoms with E-state index < -0.39 is 0 Å². The summed E-state index contributed by atoms with van der Waals surface area (Å²) in [7, 11) is 0. The quantitative estimate of drug-likeness (QED) is 0.459. The highest BCUT2D eigenvalue weighted by molar-refractivity contribution is 4.95. The lowest BCUT2D eigenvalue weighted by Gasteiger charge is -2.40. The lowest BCUT2D eigenvalue weighted by Crippen LogP contribution is -2.61. The van der Waals surface area contributed by atoms with Gasteiger partial charge in [-0.3, -0.25) is 20.4 Å². The molecular weight excluding hydrogens is 152 g/mol. The largest absolute Gasteiger partial charge is 0.298 e. The molecule has 68 valence electrons. The molecule has 0 aromatic heterocycles. The summed E-state index contributed by atoms with van der Waals surface area (Å²) < 4.78 is 0. The minimum Gasteiger partial charge on any atom is -0.298 e. The average molecular weight is 168 g/mol. The van der Waals surface area contributed by atoms with Gasteiger partial charge in [0.25, 0.3) is 0 Å². The Morgan fingerprint density at radius 3 is 1.75 bits per heavy atom. The summed E-state index contributed by atoms with van der Waals surface area (Å²) in [5, 5.41) is 7.10. The van der Waals surface area contributed by atoms with Crippen LogP contribution in [-0.2, 0) is 0 Å². The molecule has 3 rings (SSSR count). The average Bonchev–Trinajstić information content (AvgIpc) is 2.71. The van der Waals surface area contributed by atoms with E-state index in [1.165, 1.54) is 26.2 Å². The lowest BCUT2D eigenvalue weighted by molar-refractivity contribution is 0.0535. The summed E-state index contributed by atoms with van der Waals surface area (Å²) in [6.45, 7) is 7.28. The van der Waals surface area contributed by atoms with E-state index in [4.69, 9.17) is 0 Å². The van der Waals surface area contributed by atoms with Crippen LogP contribution in [0.5, 0.6) is 0 Å². The van der Waals surface area contributed by atoms with Gasteiger partial charge in [0.2, 0.25) is 0 Å². The maximum Gasteiger partial charge on any atom is 0.0895 e. The Bertz CT molecular complexity index is 164. The first-order chi connectivity index (χ1) is 5.95. The van der Waals surface area contributed by atoms with Crippen molar-refractivity contribution in [1.29, 1.82) is 0 Å². The fourth-order valence-electron chi connectivity index (χ4n) is 2.63. The Hall–Kier alpha value is -0.160. The van der Waals surface area contributed by atoms with Crippen LogP contribution in [-0.4, -0.2) is 61.4 Å². The second kappa shape index (κ2) is 2.67. The zero-order chi connectivity index (χ0) is 7.97. The van der Waals surface area contributed by atoms with Crippen molar-refractivity contribution >= 4 is 0 Å². The third-order valence-electron chi connectivity index (χ3n) is 3.27. The predicted octanol–water partition coefficient (Wildman–Crippen LogP) is -1.54. The van der Waals surface area contributed by atoms with E-state index in [0.717, 1.165) is 13.1 Å². The zero-order valence-electron chi connectivity index (χ0n) is 7.29.